The van der Waals surface area contributed by atoms with Crippen molar-refractivity contribution in [3.05, 3.63) is 24.3 Å². The van der Waals surface area contributed by atoms with Crippen molar-refractivity contribution in [1.82, 2.24) is 0 Å². The molecule has 0 radical (unpaired) electrons. The minimum absolute atomic E-state index is 0.176. The Morgan fingerprint density at radius 1 is 1.05 bits per heavy atom. The molecule has 0 aromatic rings. The van der Waals surface area contributed by atoms with E-state index in [0.717, 1.165) is 0 Å². The molecule has 0 bridgehead atoms. The van der Waals surface area contributed by atoms with Gasteiger partial charge in [0.2, 0.25) is 0 Å². The van der Waals surface area contributed by atoms with Crippen LogP contribution in [0.2, 0.25) is 0 Å². The molecule has 0 saturated heterocycles. The number of alkyl halides is 6. The summed E-state index contributed by atoms with van der Waals surface area (Å²) in [5.41, 5.74) is -1.01. The third-order valence-corrected chi connectivity index (χ3v) is 1.77. The standard InChI is InChI=1S/C7H6F6O2.C4H6O2/c1-3(4(14)15)2-6(9,10)5(8)7(11,12)13;1-3(2)4(5)6/h5H,1-2H2,(H,14,15);1H2,2H3,(H,5,6). The van der Waals surface area contributed by atoms with E-state index in [1.807, 2.05) is 0 Å². The Labute approximate surface area is 115 Å². The zero-order valence-corrected chi connectivity index (χ0v) is 10.7. The molecular formula is C11H12F6O4. The van der Waals surface area contributed by atoms with E-state index in [0.29, 0.717) is 0 Å². The van der Waals surface area contributed by atoms with E-state index in [2.05, 4.69) is 13.2 Å². The topological polar surface area (TPSA) is 74.6 Å². The normalized spacial score (nSPS) is 12.7. The number of carboxylic acid groups (broad SMARTS) is 2. The first-order valence-corrected chi connectivity index (χ1v) is 5.01. The van der Waals surface area contributed by atoms with Crippen molar-refractivity contribution in [2.45, 2.75) is 31.6 Å². The van der Waals surface area contributed by atoms with Gasteiger partial charge in [-0.2, -0.15) is 13.2 Å². The lowest BCUT2D eigenvalue weighted by Crippen LogP contribution is -2.42. The van der Waals surface area contributed by atoms with Crippen LogP contribution in [0.3, 0.4) is 0 Å². The number of hydrogen-bond acceptors (Lipinski definition) is 2. The molecule has 0 rings (SSSR count). The Balaban J connectivity index is 0. The lowest BCUT2D eigenvalue weighted by atomic mass is 10.0. The molecular weight excluding hydrogens is 310 g/mol. The smallest absolute Gasteiger partial charge is 0.425 e. The van der Waals surface area contributed by atoms with E-state index in [-0.39, 0.29) is 5.57 Å². The summed E-state index contributed by atoms with van der Waals surface area (Å²) in [6.07, 6.45) is -12.0. The first kappa shape index (κ1) is 21.3. The molecule has 1 atom stereocenters. The predicted octanol–water partition coefficient (Wildman–Crippen LogP) is 3.20. The van der Waals surface area contributed by atoms with Gasteiger partial charge in [0.25, 0.3) is 12.1 Å². The summed E-state index contributed by atoms with van der Waals surface area (Å²) in [5.74, 6) is -7.66. The fourth-order valence-electron chi connectivity index (χ4n) is 0.689. The molecule has 0 aliphatic heterocycles. The Bertz CT molecular complexity index is 415. The minimum Gasteiger partial charge on any atom is -0.478 e. The van der Waals surface area contributed by atoms with E-state index >= 15 is 0 Å². The van der Waals surface area contributed by atoms with Gasteiger partial charge >= 0.3 is 18.1 Å². The van der Waals surface area contributed by atoms with Crippen molar-refractivity contribution in [3.63, 3.8) is 0 Å². The predicted molar refractivity (Wildman–Crippen MR) is 59.7 cm³/mol. The number of carbonyl (C=O) groups is 2. The van der Waals surface area contributed by atoms with Crippen LogP contribution >= 0.6 is 0 Å². The second-order valence-corrected chi connectivity index (χ2v) is 3.84. The molecule has 0 saturated carbocycles. The van der Waals surface area contributed by atoms with Crippen molar-refractivity contribution < 1.29 is 46.1 Å². The van der Waals surface area contributed by atoms with E-state index in [4.69, 9.17) is 10.2 Å². The Morgan fingerprint density at radius 2 is 1.38 bits per heavy atom. The monoisotopic (exact) mass is 322 g/mol. The molecule has 21 heavy (non-hydrogen) atoms. The van der Waals surface area contributed by atoms with Gasteiger partial charge in [0.15, 0.2) is 0 Å². The Morgan fingerprint density at radius 3 is 1.57 bits per heavy atom. The first-order chi connectivity index (χ1) is 9.12. The highest BCUT2D eigenvalue weighted by molar-refractivity contribution is 5.86. The van der Waals surface area contributed by atoms with Gasteiger partial charge < -0.3 is 10.2 Å². The van der Waals surface area contributed by atoms with Crippen molar-refractivity contribution >= 4 is 11.9 Å². The van der Waals surface area contributed by atoms with Crippen molar-refractivity contribution in [1.29, 1.82) is 0 Å². The summed E-state index contributed by atoms with van der Waals surface area (Å²) in [5, 5.41) is 16.0. The highest BCUT2D eigenvalue weighted by atomic mass is 19.4. The number of carboxylic acids is 2. The average Bonchev–Trinajstić information content (AvgIpc) is 2.26. The van der Waals surface area contributed by atoms with Crippen LogP contribution in [-0.2, 0) is 9.59 Å². The maximum absolute atomic E-state index is 12.5. The summed E-state index contributed by atoms with van der Waals surface area (Å²) in [7, 11) is 0. The van der Waals surface area contributed by atoms with Gasteiger partial charge in [-0.15, -0.1) is 0 Å². The van der Waals surface area contributed by atoms with Crippen LogP contribution in [-0.4, -0.2) is 40.4 Å². The second-order valence-electron chi connectivity index (χ2n) is 3.84. The Hall–Kier alpha value is -2.00. The lowest BCUT2D eigenvalue weighted by Gasteiger charge is -2.22. The quantitative estimate of drug-likeness (QED) is 0.602. The first-order valence-electron chi connectivity index (χ1n) is 5.01. The second kappa shape index (κ2) is 7.70. The molecule has 0 aliphatic rings. The van der Waals surface area contributed by atoms with Crippen LogP contribution in [0.25, 0.3) is 0 Å². The fraction of sp³-hybridized carbons (Fsp3) is 0.455. The van der Waals surface area contributed by atoms with Crippen molar-refractivity contribution in [3.8, 4) is 0 Å². The van der Waals surface area contributed by atoms with Gasteiger partial charge in [0.05, 0.1) is 0 Å². The van der Waals surface area contributed by atoms with Crippen LogP contribution in [0, 0.1) is 0 Å². The highest BCUT2D eigenvalue weighted by Gasteiger charge is 2.56. The molecule has 122 valence electrons. The molecule has 0 aromatic carbocycles. The number of rotatable bonds is 5. The van der Waals surface area contributed by atoms with Crippen LogP contribution < -0.4 is 0 Å². The summed E-state index contributed by atoms with van der Waals surface area (Å²) >= 11 is 0. The molecule has 1 unspecified atom stereocenters. The number of aliphatic carboxylic acids is 2. The maximum atomic E-state index is 12.5. The minimum atomic E-state index is -5.73. The van der Waals surface area contributed by atoms with Gasteiger partial charge in [-0.05, 0) is 6.92 Å². The fourth-order valence-corrected chi connectivity index (χ4v) is 0.689. The molecule has 0 fully saturated rings. The zero-order valence-electron chi connectivity index (χ0n) is 10.7. The van der Waals surface area contributed by atoms with Gasteiger partial charge in [0.1, 0.15) is 0 Å². The van der Waals surface area contributed by atoms with E-state index in [1.54, 1.807) is 0 Å². The van der Waals surface area contributed by atoms with Crippen LogP contribution in [0.5, 0.6) is 0 Å². The van der Waals surface area contributed by atoms with E-state index < -0.39 is 42.2 Å². The SMILES string of the molecule is C=C(C)C(=O)O.C=C(CC(F)(F)C(F)C(F)(F)F)C(=O)O. The molecule has 4 nitrogen and oxygen atoms in total. The third kappa shape index (κ3) is 8.71. The molecule has 0 amide bonds. The molecule has 0 aliphatic carbocycles. The van der Waals surface area contributed by atoms with Gasteiger partial charge in [-0.25, -0.2) is 22.8 Å². The summed E-state index contributed by atoms with van der Waals surface area (Å²) < 4.78 is 71.9. The van der Waals surface area contributed by atoms with E-state index in [1.165, 1.54) is 6.92 Å². The third-order valence-electron chi connectivity index (χ3n) is 1.77. The van der Waals surface area contributed by atoms with Crippen molar-refractivity contribution in [2.75, 3.05) is 0 Å². The van der Waals surface area contributed by atoms with Crippen LogP contribution in [0.4, 0.5) is 26.3 Å². The average molecular weight is 322 g/mol. The molecule has 2 N–H and O–H groups in total. The summed E-state index contributed by atoms with van der Waals surface area (Å²) in [4.78, 5) is 19.6. The number of halogens is 6. The summed E-state index contributed by atoms with van der Waals surface area (Å²) in [6, 6.07) is 0. The largest absolute Gasteiger partial charge is 0.478 e. The molecule has 10 heteroatoms. The Kier molecular flexibility index (Phi) is 7.81. The maximum Gasteiger partial charge on any atom is 0.425 e. The van der Waals surface area contributed by atoms with Crippen LogP contribution in [0.1, 0.15) is 13.3 Å². The molecule has 0 aromatic heterocycles. The number of hydrogen-bond donors (Lipinski definition) is 2. The highest BCUT2D eigenvalue weighted by Crippen LogP contribution is 2.38. The lowest BCUT2D eigenvalue weighted by molar-refractivity contribution is -0.243. The molecule has 0 spiro atoms. The zero-order chi connectivity index (χ0) is 17.6. The summed E-state index contributed by atoms with van der Waals surface area (Å²) in [6.45, 7) is 7.19. The van der Waals surface area contributed by atoms with E-state index in [9.17, 15) is 35.9 Å². The van der Waals surface area contributed by atoms with Crippen molar-refractivity contribution in [2.24, 2.45) is 0 Å². The molecule has 0 heterocycles. The van der Waals surface area contributed by atoms with Gasteiger partial charge in [0, 0.05) is 17.6 Å². The van der Waals surface area contributed by atoms with Gasteiger partial charge in [-0.3, -0.25) is 0 Å². The van der Waals surface area contributed by atoms with Gasteiger partial charge in [-0.1, -0.05) is 13.2 Å². The van der Waals surface area contributed by atoms with Crippen LogP contribution in [0.15, 0.2) is 24.3 Å².